The number of rotatable bonds is 5. The van der Waals surface area contributed by atoms with Gasteiger partial charge in [0.2, 0.25) is 0 Å². The summed E-state index contributed by atoms with van der Waals surface area (Å²) < 4.78 is 0.951. The van der Waals surface area contributed by atoms with Crippen LogP contribution in [0.2, 0.25) is 0 Å². The quantitative estimate of drug-likeness (QED) is 0.865. The highest BCUT2D eigenvalue weighted by atomic mass is 79.9. The molecule has 0 spiro atoms. The topological polar surface area (TPSA) is 41.1 Å². The van der Waals surface area contributed by atoms with Gasteiger partial charge in [0.25, 0.3) is 5.91 Å². The first-order valence-corrected chi connectivity index (χ1v) is 7.71. The molecule has 2 rings (SSSR count). The Labute approximate surface area is 133 Å². The summed E-state index contributed by atoms with van der Waals surface area (Å²) in [5.41, 5.74) is 3.65. The lowest BCUT2D eigenvalue weighted by Crippen LogP contribution is -2.17. The van der Waals surface area contributed by atoms with E-state index >= 15 is 0 Å². The Morgan fingerprint density at radius 1 is 1.19 bits per heavy atom. The lowest BCUT2D eigenvalue weighted by Gasteiger charge is -2.12. The van der Waals surface area contributed by atoms with Gasteiger partial charge in [-0.2, -0.15) is 0 Å². The first kappa shape index (κ1) is 15.7. The molecule has 4 heteroatoms. The molecule has 2 aromatic rings. The standard InChI is InChI=1S/C17H19BrN2O/c1-12-7-8-14(18)11-16(12)20-17(21)15-6-4-3-5-13(15)9-10-19-2/h3-8,11,19H,9-10H2,1-2H3,(H,20,21). The van der Waals surface area contributed by atoms with Crippen LogP contribution in [0.1, 0.15) is 21.5 Å². The van der Waals surface area contributed by atoms with Crippen LogP contribution >= 0.6 is 15.9 Å². The number of amides is 1. The highest BCUT2D eigenvalue weighted by Crippen LogP contribution is 2.22. The van der Waals surface area contributed by atoms with Gasteiger partial charge < -0.3 is 10.6 Å². The maximum Gasteiger partial charge on any atom is 0.255 e. The SMILES string of the molecule is CNCCc1ccccc1C(=O)Nc1cc(Br)ccc1C. The van der Waals surface area contributed by atoms with E-state index in [4.69, 9.17) is 0 Å². The third-order valence-electron chi connectivity index (χ3n) is 3.35. The number of nitrogens with one attached hydrogen (secondary N) is 2. The van der Waals surface area contributed by atoms with Crippen molar-refractivity contribution in [3.63, 3.8) is 0 Å². The summed E-state index contributed by atoms with van der Waals surface area (Å²) in [6, 6.07) is 13.6. The van der Waals surface area contributed by atoms with Gasteiger partial charge in [0.05, 0.1) is 0 Å². The second-order valence-electron chi connectivity index (χ2n) is 4.92. The van der Waals surface area contributed by atoms with Gasteiger partial charge >= 0.3 is 0 Å². The number of benzene rings is 2. The normalized spacial score (nSPS) is 10.4. The molecule has 21 heavy (non-hydrogen) atoms. The third kappa shape index (κ3) is 4.16. The minimum absolute atomic E-state index is 0.0668. The molecule has 2 N–H and O–H groups in total. The Bertz CT molecular complexity index is 640. The van der Waals surface area contributed by atoms with Crippen LogP contribution in [0.4, 0.5) is 5.69 Å². The fraction of sp³-hybridized carbons (Fsp3) is 0.235. The number of carbonyl (C=O) groups excluding carboxylic acids is 1. The molecule has 0 fully saturated rings. The summed E-state index contributed by atoms with van der Waals surface area (Å²) in [4.78, 5) is 12.5. The smallest absolute Gasteiger partial charge is 0.255 e. The van der Waals surface area contributed by atoms with Crippen LogP contribution in [0.5, 0.6) is 0 Å². The van der Waals surface area contributed by atoms with Gasteiger partial charge in [-0.25, -0.2) is 0 Å². The molecule has 0 radical (unpaired) electrons. The predicted molar refractivity (Wildman–Crippen MR) is 90.9 cm³/mol. The largest absolute Gasteiger partial charge is 0.322 e. The number of hydrogen-bond donors (Lipinski definition) is 2. The maximum atomic E-state index is 12.5. The average Bonchev–Trinajstić information content (AvgIpc) is 2.49. The van der Waals surface area contributed by atoms with Gasteiger partial charge in [-0.1, -0.05) is 40.2 Å². The van der Waals surface area contributed by atoms with Crippen molar-refractivity contribution in [2.75, 3.05) is 18.9 Å². The number of hydrogen-bond acceptors (Lipinski definition) is 2. The molecule has 0 saturated heterocycles. The van der Waals surface area contributed by atoms with Crippen LogP contribution in [0.25, 0.3) is 0 Å². The first-order chi connectivity index (χ1) is 10.1. The number of halogens is 1. The molecule has 0 saturated carbocycles. The zero-order chi connectivity index (χ0) is 15.2. The predicted octanol–water partition coefficient (Wildman–Crippen LogP) is 3.77. The molecule has 0 aliphatic heterocycles. The molecule has 0 heterocycles. The Hall–Kier alpha value is -1.65. The fourth-order valence-corrected chi connectivity index (χ4v) is 2.50. The Morgan fingerprint density at radius 2 is 1.95 bits per heavy atom. The first-order valence-electron chi connectivity index (χ1n) is 6.92. The molecule has 110 valence electrons. The minimum atomic E-state index is -0.0668. The van der Waals surface area contributed by atoms with Crippen molar-refractivity contribution in [3.05, 3.63) is 63.6 Å². The second kappa shape index (κ2) is 7.38. The highest BCUT2D eigenvalue weighted by molar-refractivity contribution is 9.10. The summed E-state index contributed by atoms with van der Waals surface area (Å²) in [5, 5.41) is 6.11. The summed E-state index contributed by atoms with van der Waals surface area (Å²) in [7, 11) is 1.91. The van der Waals surface area contributed by atoms with Crippen LogP contribution in [0.3, 0.4) is 0 Å². The monoisotopic (exact) mass is 346 g/mol. The lowest BCUT2D eigenvalue weighted by molar-refractivity contribution is 0.102. The fourth-order valence-electron chi connectivity index (χ4n) is 2.14. The minimum Gasteiger partial charge on any atom is -0.322 e. The van der Waals surface area contributed by atoms with E-state index in [2.05, 4.69) is 26.6 Å². The molecular weight excluding hydrogens is 328 g/mol. The Kier molecular flexibility index (Phi) is 5.53. The van der Waals surface area contributed by atoms with Gasteiger partial charge in [-0.15, -0.1) is 0 Å². The molecule has 0 unspecified atom stereocenters. The van der Waals surface area contributed by atoms with Crippen molar-refractivity contribution in [3.8, 4) is 0 Å². The van der Waals surface area contributed by atoms with Crippen LogP contribution in [-0.4, -0.2) is 19.5 Å². The van der Waals surface area contributed by atoms with Crippen LogP contribution in [0, 0.1) is 6.92 Å². The van der Waals surface area contributed by atoms with Crippen molar-refractivity contribution in [1.29, 1.82) is 0 Å². The van der Waals surface area contributed by atoms with E-state index in [0.717, 1.165) is 39.8 Å². The highest BCUT2D eigenvalue weighted by Gasteiger charge is 2.12. The Balaban J connectivity index is 2.22. The summed E-state index contributed by atoms with van der Waals surface area (Å²) in [5.74, 6) is -0.0668. The zero-order valence-electron chi connectivity index (χ0n) is 12.2. The Morgan fingerprint density at radius 3 is 2.71 bits per heavy atom. The van der Waals surface area contributed by atoms with Crippen molar-refractivity contribution < 1.29 is 4.79 Å². The molecule has 0 aliphatic rings. The maximum absolute atomic E-state index is 12.5. The number of carbonyl (C=O) groups is 1. The number of anilines is 1. The molecular formula is C17H19BrN2O. The van der Waals surface area contributed by atoms with Crippen LogP contribution < -0.4 is 10.6 Å². The molecule has 3 nitrogen and oxygen atoms in total. The van der Waals surface area contributed by atoms with E-state index in [1.807, 2.05) is 56.4 Å². The van der Waals surface area contributed by atoms with E-state index in [1.54, 1.807) is 0 Å². The van der Waals surface area contributed by atoms with E-state index in [1.165, 1.54) is 0 Å². The van der Waals surface area contributed by atoms with E-state index < -0.39 is 0 Å². The van der Waals surface area contributed by atoms with Crippen molar-refractivity contribution in [2.24, 2.45) is 0 Å². The van der Waals surface area contributed by atoms with E-state index in [-0.39, 0.29) is 5.91 Å². The number of likely N-dealkylation sites (N-methyl/N-ethyl adjacent to an activating group) is 1. The van der Waals surface area contributed by atoms with Crippen molar-refractivity contribution >= 4 is 27.5 Å². The lowest BCUT2D eigenvalue weighted by atomic mass is 10.0. The summed E-state index contributed by atoms with van der Waals surface area (Å²) in [6.45, 7) is 2.83. The van der Waals surface area contributed by atoms with Gasteiger partial charge in [-0.05, 0) is 56.3 Å². The zero-order valence-corrected chi connectivity index (χ0v) is 13.8. The van der Waals surface area contributed by atoms with Gasteiger partial charge in [0, 0.05) is 15.7 Å². The van der Waals surface area contributed by atoms with E-state index in [0.29, 0.717) is 0 Å². The van der Waals surface area contributed by atoms with Gasteiger partial charge in [0.15, 0.2) is 0 Å². The van der Waals surface area contributed by atoms with Crippen LogP contribution in [-0.2, 0) is 6.42 Å². The van der Waals surface area contributed by atoms with Crippen molar-refractivity contribution in [2.45, 2.75) is 13.3 Å². The molecule has 0 aromatic heterocycles. The van der Waals surface area contributed by atoms with Crippen LogP contribution in [0.15, 0.2) is 46.9 Å². The molecule has 0 bridgehead atoms. The average molecular weight is 347 g/mol. The molecule has 1 amide bonds. The molecule has 0 atom stereocenters. The molecule has 0 aliphatic carbocycles. The number of aryl methyl sites for hydroxylation is 1. The van der Waals surface area contributed by atoms with E-state index in [9.17, 15) is 4.79 Å². The molecule has 2 aromatic carbocycles. The van der Waals surface area contributed by atoms with Crippen molar-refractivity contribution in [1.82, 2.24) is 5.32 Å². The van der Waals surface area contributed by atoms with Gasteiger partial charge in [-0.3, -0.25) is 4.79 Å². The summed E-state index contributed by atoms with van der Waals surface area (Å²) >= 11 is 3.43. The van der Waals surface area contributed by atoms with Gasteiger partial charge in [0.1, 0.15) is 0 Å². The second-order valence-corrected chi connectivity index (χ2v) is 5.84. The third-order valence-corrected chi connectivity index (χ3v) is 3.85. The summed E-state index contributed by atoms with van der Waals surface area (Å²) in [6.07, 6.45) is 0.831.